The van der Waals surface area contributed by atoms with Gasteiger partial charge in [0.15, 0.2) is 0 Å². The molecule has 16 heavy (non-hydrogen) atoms. The molecule has 0 aliphatic rings. The Morgan fingerprint density at radius 3 is 2.56 bits per heavy atom. The van der Waals surface area contributed by atoms with Crippen molar-refractivity contribution < 1.29 is 19.9 Å². The van der Waals surface area contributed by atoms with Crippen LogP contribution in [-0.4, -0.2) is 21.1 Å². The Bertz CT molecular complexity index is 457. The minimum atomic E-state index is -1.49. The highest BCUT2D eigenvalue weighted by atomic mass is 16.6. The van der Waals surface area contributed by atoms with Gasteiger partial charge in [-0.1, -0.05) is 0 Å². The van der Waals surface area contributed by atoms with Crippen molar-refractivity contribution in [3.8, 4) is 5.75 Å². The number of aromatic hydroxyl groups is 1. The summed E-state index contributed by atoms with van der Waals surface area (Å²) in [6.45, 7) is 1.43. The summed E-state index contributed by atoms with van der Waals surface area (Å²) in [6, 6.07) is 0.618. The number of aryl methyl sites for hydroxylation is 1. The molecule has 0 aromatic heterocycles. The molecule has 0 amide bonds. The maximum atomic E-state index is 10.6. The van der Waals surface area contributed by atoms with Crippen LogP contribution in [0.3, 0.4) is 0 Å². The minimum absolute atomic E-state index is 0.167. The molecule has 7 nitrogen and oxygen atoms in total. The smallest absolute Gasteiger partial charge is 0.325 e. The zero-order chi connectivity index (χ0) is 12.5. The molecule has 0 aliphatic carbocycles. The number of nitrogens with zero attached hydrogens (tertiary/aromatic N) is 1. The number of carboxylic acids is 1. The first kappa shape index (κ1) is 11.9. The van der Waals surface area contributed by atoms with Crippen molar-refractivity contribution in [3.63, 3.8) is 0 Å². The maximum Gasteiger partial charge on any atom is 0.325 e. The normalized spacial score (nSPS) is 12.1. The molecule has 7 heteroatoms. The van der Waals surface area contributed by atoms with Gasteiger partial charge in [0.25, 0.3) is 5.69 Å². The number of carboxylic acid groups (broad SMARTS) is 1. The van der Waals surface area contributed by atoms with E-state index in [0.717, 1.165) is 12.1 Å². The molecule has 0 bridgehead atoms. The minimum Gasteiger partial charge on any atom is -0.507 e. The molecule has 0 saturated carbocycles. The number of carbonyl (C=O) groups is 1. The van der Waals surface area contributed by atoms with Gasteiger partial charge >= 0.3 is 5.97 Å². The van der Waals surface area contributed by atoms with Gasteiger partial charge in [-0.25, -0.2) is 0 Å². The van der Waals surface area contributed by atoms with Crippen LogP contribution >= 0.6 is 0 Å². The van der Waals surface area contributed by atoms with Gasteiger partial charge in [-0.05, 0) is 12.5 Å². The maximum absolute atomic E-state index is 10.6. The van der Waals surface area contributed by atoms with E-state index in [2.05, 4.69) is 0 Å². The van der Waals surface area contributed by atoms with Gasteiger partial charge in [-0.2, -0.15) is 0 Å². The van der Waals surface area contributed by atoms with Crippen LogP contribution in [0.2, 0.25) is 0 Å². The zero-order valence-electron chi connectivity index (χ0n) is 8.38. The molecule has 1 aromatic carbocycles. The molecule has 0 unspecified atom stereocenters. The van der Waals surface area contributed by atoms with Crippen molar-refractivity contribution in [2.45, 2.75) is 13.0 Å². The largest absolute Gasteiger partial charge is 0.507 e. The first-order valence-corrected chi connectivity index (χ1v) is 4.31. The number of phenols is 1. The second kappa shape index (κ2) is 4.15. The summed E-state index contributed by atoms with van der Waals surface area (Å²) in [6.07, 6.45) is 0. The predicted molar refractivity (Wildman–Crippen MR) is 54.1 cm³/mol. The van der Waals surface area contributed by atoms with E-state index in [0.29, 0.717) is 0 Å². The van der Waals surface area contributed by atoms with Gasteiger partial charge in [-0.15, -0.1) is 0 Å². The van der Waals surface area contributed by atoms with Gasteiger partial charge in [0, 0.05) is 17.7 Å². The molecule has 1 atom stereocenters. The lowest BCUT2D eigenvalue weighted by atomic mass is 10.0. The molecule has 0 fully saturated rings. The standard InChI is InChI=1S/C9H10N2O5/c1-4-2-5(11(15)16)3-6(8(4)12)7(10)9(13)14/h2-3,7,12H,10H2,1H3,(H,13,14)/t7-/m0/s1. The number of aliphatic carboxylic acids is 1. The summed E-state index contributed by atoms with van der Waals surface area (Å²) in [7, 11) is 0. The highest BCUT2D eigenvalue weighted by Crippen LogP contribution is 2.31. The summed E-state index contributed by atoms with van der Waals surface area (Å²) in [5, 5.41) is 28.8. The summed E-state index contributed by atoms with van der Waals surface area (Å²) in [4.78, 5) is 20.5. The molecule has 4 N–H and O–H groups in total. The SMILES string of the molecule is Cc1cc([N+](=O)[O-])cc([C@H](N)C(=O)O)c1O. The Morgan fingerprint density at radius 1 is 1.56 bits per heavy atom. The third-order valence-corrected chi connectivity index (χ3v) is 2.13. The van der Waals surface area contributed by atoms with E-state index in [-0.39, 0.29) is 22.6 Å². The van der Waals surface area contributed by atoms with Gasteiger partial charge in [-0.3, -0.25) is 14.9 Å². The average Bonchev–Trinajstić information content (AvgIpc) is 2.20. The van der Waals surface area contributed by atoms with E-state index in [1.54, 1.807) is 0 Å². The topological polar surface area (TPSA) is 127 Å². The molecular weight excluding hydrogens is 216 g/mol. The van der Waals surface area contributed by atoms with Crippen LogP contribution in [0, 0.1) is 17.0 Å². The van der Waals surface area contributed by atoms with Crippen molar-refractivity contribution in [3.05, 3.63) is 33.4 Å². The first-order chi connectivity index (χ1) is 7.34. The van der Waals surface area contributed by atoms with Crippen LogP contribution in [0.5, 0.6) is 5.75 Å². The highest BCUT2D eigenvalue weighted by Gasteiger charge is 2.22. The Hall–Kier alpha value is -2.15. The Kier molecular flexibility index (Phi) is 3.09. The van der Waals surface area contributed by atoms with Crippen molar-refractivity contribution in [2.24, 2.45) is 5.73 Å². The molecule has 1 rings (SSSR count). The van der Waals surface area contributed by atoms with E-state index >= 15 is 0 Å². The fraction of sp³-hybridized carbons (Fsp3) is 0.222. The molecule has 86 valence electrons. The number of nitro groups is 1. The zero-order valence-corrected chi connectivity index (χ0v) is 8.38. The van der Waals surface area contributed by atoms with Crippen molar-refractivity contribution >= 4 is 11.7 Å². The van der Waals surface area contributed by atoms with E-state index in [9.17, 15) is 20.0 Å². The summed E-state index contributed by atoms with van der Waals surface area (Å²) in [5.41, 5.74) is 5.03. The number of benzene rings is 1. The monoisotopic (exact) mass is 226 g/mol. The molecule has 0 heterocycles. The summed E-state index contributed by atoms with van der Waals surface area (Å²) < 4.78 is 0. The lowest BCUT2D eigenvalue weighted by molar-refractivity contribution is -0.385. The van der Waals surface area contributed by atoms with Crippen LogP contribution in [-0.2, 0) is 4.79 Å². The third-order valence-electron chi connectivity index (χ3n) is 2.13. The first-order valence-electron chi connectivity index (χ1n) is 4.31. The third kappa shape index (κ3) is 2.09. The van der Waals surface area contributed by atoms with Crippen molar-refractivity contribution in [2.75, 3.05) is 0 Å². The quantitative estimate of drug-likeness (QED) is 0.514. The van der Waals surface area contributed by atoms with Gasteiger partial charge in [0.2, 0.25) is 0 Å². The Morgan fingerprint density at radius 2 is 2.12 bits per heavy atom. The van der Waals surface area contributed by atoms with Crippen molar-refractivity contribution in [1.29, 1.82) is 0 Å². The fourth-order valence-corrected chi connectivity index (χ4v) is 1.26. The Labute approximate surface area is 90.3 Å². The van der Waals surface area contributed by atoms with Crippen LogP contribution in [0.4, 0.5) is 5.69 Å². The number of non-ortho nitro benzene ring substituents is 1. The molecule has 1 aromatic rings. The molecule has 0 saturated heterocycles. The number of nitrogens with two attached hydrogens (primary N) is 1. The van der Waals surface area contributed by atoms with E-state index in [4.69, 9.17) is 10.8 Å². The Balaban J connectivity index is 3.37. The lowest BCUT2D eigenvalue weighted by Gasteiger charge is -2.10. The van der Waals surface area contributed by atoms with Crippen LogP contribution < -0.4 is 5.73 Å². The van der Waals surface area contributed by atoms with Crippen LogP contribution in [0.1, 0.15) is 17.2 Å². The lowest BCUT2D eigenvalue weighted by Crippen LogP contribution is -2.21. The highest BCUT2D eigenvalue weighted by molar-refractivity contribution is 5.77. The van der Waals surface area contributed by atoms with E-state index < -0.39 is 16.9 Å². The number of hydrogen-bond acceptors (Lipinski definition) is 5. The van der Waals surface area contributed by atoms with E-state index in [1.807, 2.05) is 0 Å². The summed E-state index contributed by atoms with van der Waals surface area (Å²) in [5.74, 6) is -1.70. The molecular formula is C9H10N2O5. The number of rotatable bonds is 3. The van der Waals surface area contributed by atoms with Crippen LogP contribution in [0.25, 0.3) is 0 Å². The average molecular weight is 226 g/mol. The summed E-state index contributed by atoms with van der Waals surface area (Å²) >= 11 is 0. The van der Waals surface area contributed by atoms with Gasteiger partial charge in [0.1, 0.15) is 11.8 Å². The fourth-order valence-electron chi connectivity index (χ4n) is 1.26. The molecule has 0 spiro atoms. The predicted octanol–water partition coefficient (Wildman–Crippen LogP) is 0.693. The number of phenolic OH excluding ortho intramolecular Hbond substituents is 1. The second-order valence-corrected chi connectivity index (χ2v) is 3.27. The molecule has 0 radical (unpaired) electrons. The number of hydrogen-bond donors (Lipinski definition) is 3. The van der Waals surface area contributed by atoms with Crippen LogP contribution in [0.15, 0.2) is 12.1 Å². The second-order valence-electron chi connectivity index (χ2n) is 3.27. The van der Waals surface area contributed by atoms with Crippen molar-refractivity contribution in [1.82, 2.24) is 0 Å². The van der Waals surface area contributed by atoms with Gasteiger partial charge in [0.05, 0.1) is 4.92 Å². The van der Waals surface area contributed by atoms with E-state index in [1.165, 1.54) is 6.92 Å². The molecule has 0 aliphatic heterocycles. The number of nitro benzene ring substituents is 1. The van der Waals surface area contributed by atoms with Gasteiger partial charge < -0.3 is 15.9 Å².